The lowest BCUT2D eigenvalue weighted by atomic mass is 10.1. The second kappa shape index (κ2) is 9.89. The van der Waals surface area contributed by atoms with Crippen molar-refractivity contribution in [3.63, 3.8) is 0 Å². The summed E-state index contributed by atoms with van der Waals surface area (Å²) < 4.78 is 27.2. The van der Waals surface area contributed by atoms with Crippen molar-refractivity contribution in [2.24, 2.45) is 5.73 Å². The first-order chi connectivity index (χ1) is 15.2. The minimum atomic E-state index is -3.85. The summed E-state index contributed by atoms with van der Waals surface area (Å²) in [5.74, 6) is -1.12. The van der Waals surface area contributed by atoms with E-state index in [-0.39, 0.29) is 34.1 Å². The fourth-order valence-corrected chi connectivity index (χ4v) is 5.72. The molecule has 2 aromatic rings. The van der Waals surface area contributed by atoms with Gasteiger partial charge in [-0.3, -0.25) is 9.59 Å². The summed E-state index contributed by atoms with van der Waals surface area (Å²) in [6.07, 6.45) is 2.07. The number of nitrogens with one attached hydrogen (secondary N) is 1. The van der Waals surface area contributed by atoms with Crippen LogP contribution in [0.25, 0.3) is 0 Å². The lowest BCUT2D eigenvalue weighted by Gasteiger charge is -2.22. The van der Waals surface area contributed by atoms with E-state index in [1.165, 1.54) is 28.6 Å². The highest BCUT2D eigenvalue weighted by atomic mass is 35.5. The third kappa shape index (κ3) is 4.90. The molecule has 3 N–H and O–H groups in total. The standard InChI is InChI=1S/C22H27ClN4O4S/c1-3-27(4-2)32(30,31)20-14-16(7-9-17(20)23)22(29)25-18-13-15(21(24)28)8-10-19(18)26-11-5-6-12-26/h7-10,13-14H,3-6,11-12H2,1-2H3,(H2,24,28)(H,25,29). The summed E-state index contributed by atoms with van der Waals surface area (Å²) in [6.45, 7) is 5.71. The number of nitrogens with zero attached hydrogens (tertiary/aromatic N) is 2. The van der Waals surface area contributed by atoms with Crippen molar-refractivity contribution in [1.82, 2.24) is 4.31 Å². The molecular formula is C22H27ClN4O4S. The van der Waals surface area contributed by atoms with Crippen LogP contribution in [0.4, 0.5) is 11.4 Å². The fourth-order valence-electron chi connectivity index (χ4n) is 3.76. The average Bonchev–Trinajstić information content (AvgIpc) is 3.29. The van der Waals surface area contributed by atoms with E-state index in [0.29, 0.717) is 5.69 Å². The maximum Gasteiger partial charge on any atom is 0.255 e. The van der Waals surface area contributed by atoms with E-state index in [1.807, 2.05) is 0 Å². The van der Waals surface area contributed by atoms with E-state index in [9.17, 15) is 18.0 Å². The van der Waals surface area contributed by atoms with Gasteiger partial charge in [0.2, 0.25) is 15.9 Å². The minimum absolute atomic E-state index is 0.0435. The largest absolute Gasteiger partial charge is 0.370 e. The number of sulfonamides is 1. The summed E-state index contributed by atoms with van der Waals surface area (Å²) in [7, 11) is -3.85. The number of rotatable bonds is 8. The van der Waals surface area contributed by atoms with Gasteiger partial charge in [0.05, 0.1) is 16.4 Å². The Labute approximate surface area is 193 Å². The van der Waals surface area contributed by atoms with Gasteiger partial charge in [-0.1, -0.05) is 25.4 Å². The van der Waals surface area contributed by atoms with Gasteiger partial charge in [0, 0.05) is 37.3 Å². The number of anilines is 2. The SMILES string of the molecule is CCN(CC)S(=O)(=O)c1cc(C(=O)Nc2cc(C(N)=O)ccc2N2CCCC2)ccc1Cl. The Bertz CT molecular complexity index is 1130. The van der Waals surface area contributed by atoms with Crippen LogP contribution in [0, 0.1) is 0 Å². The van der Waals surface area contributed by atoms with Gasteiger partial charge in [0.15, 0.2) is 0 Å². The highest BCUT2D eigenvalue weighted by Gasteiger charge is 2.26. The van der Waals surface area contributed by atoms with Crippen LogP contribution >= 0.6 is 11.6 Å². The Morgan fingerprint density at radius 1 is 1.06 bits per heavy atom. The molecule has 3 rings (SSSR count). The van der Waals surface area contributed by atoms with Crippen molar-refractivity contribution in [2.45, 2.75) is 31.6 Å². The van der Waals surface area contributed by atoms with E-state index >= 15 is 0 Å². The third-order valence-corrected chi connectivity index (χ3v) is 8.02. The van der Waals surface area contributed by atoms with E-state index < -0.39 is 21.8 Å². The van der Waals surface area contributed by atoms with Crippen molar-refractivity contribution < 1.29 is 18.0 Å². The Hall–Kier alpha value is -2.62. The van der Waals surface area contributed by atoms with Crippen LogP contribution in [0.5, 0.6) is 0 Å². The molecule has 0 bridgehead atoms. The molecule has 0 atom stereocenters. The molecule has 10 heteroatoms. The molecule has 2 amide bonds. The lowest BCUT2D eigenvalue weighted by molar-refractivity contribution is 0.0996. The number of halogens is 1. The Kier molecular flexibility index (Phi) is 7.43. The number of carbonyl (C=O) groups excluding carboxylic acids is 2. The van der Waals surface area contributed by atoms with Crippen LogP contribution in [0.1, 0.15) is 47.4 Å². The number of amides is 2. The van der Waals surface area contributed by atoms with Crippen molar-refractivity contribution in [2.75, 3.05) is 36.4 Å². The van der Waals surface area contributed by atoms with Crippen molar-refractivity contribution in [3.8, 4) is 0 Å². The van der Waals surface area contributed by atoms with Crippen LogP contribution in [0.2, 0.25) is 5.02 Å². The molecule has 1 aliphatic rings. The first kappa shape index (κ1) is 24.0. The highest BCUT2D eigenvalue weighted by Crippen LogP contribution is 2.31. The van der Waals surface area contributed by atoms with Gasteiger partial charge >= 0.3 is 0 Å². The zero-order valence-electron chi connectivity index (χ0n) is 18.1. The van der Waals surface area contributed by atoms with Gasteiger partial charge in [-0.2, -0.15) is 4.31 Å². The molecule has 2 aromatic carbocycles. The maximum atomic E-state index is 13.1. The number of primary amides is 1. The number of hydrogen-bond donors (Lipinski definition) is 2. The molecule has 0 saturated carbocycles. The summed E-state index contributed by atoms with van der Waals surface area (Å²) in [4.78, 5) is 26.7. The molecule has 0 aromatic heterocycles. The van der Waals surface area contributed by atoms with Crippen LogP contribution in [-0.2, 0) is 10.0 Å². The molecule has 0 unspecified atom stereocenters. The molecule has 0 radical (unpaired) electrons. The molecule has 8 nitrogen and oxygen atoms in total. The normalized spacial score (nSPS) is 14.1. The smallest absolute Gasteiger partial charge is 0.255 e. The highest BCUT2D eigenvalue weighted by molar-refractivity contribution is 7.89. The second-order valence-corrected chi connectivity index (χ2v) is 9.79. The predicted molar refractivity (Wildman–Crippen MR) is 126 cm³/mol. The molecule has 32 heavy (non-hydrogen) atoms. The topological polar surface area (TPSA) is 113 Å². The summed E-state index contributed by atoms with van der Waals surface area (Å²) >= 11 is 6.17. The summed E-state index contributed by atoms with van der Waals surface area (Å²) in [6, 6.07) is 9.07. The van der Waals surface area contributed by atoms with Crippen LogP contribution < -0.4 is 16.0 Å². The first-order valence-corrected chi connectivity index (χ1v) is 12.3. The zero-order chi connectivity index (χ0) is 23.5. The molecule has 1 fully saturated rings. The number of nitrogens with two attached hydrogens (primary N) is 1. The Balaban J connectivity index is 1.97. The molecule has 0 aliphatic carbocycles. The molecule has 1 aliphatic heterocycles. The lowest BCUT2D eigenvalue weighted by Crippen LogP contribution is -2.31. The van der Waals surface area contributed by atoms with Gasteiger partial charge in [0.1, 0.15) is 4.90 Å². The van der Waals surface area contributed by atoms with Crippen molar-refractivity contribution in [3.05, 3.63) is 52.5 Å². The quantitative estimate of drug-likeness (QED) is 0.604. The van der Waals surface area contributed by atoms with E-state index in [1.54, 1.807) is 26.0 Å². The minimum Gasteiger partial charge on any atom is -0.370 e. The van der Waals surface area contributed by atoms with Crippen molar-refractivity contribution >= 4 is 44.8 Å². The van der Waals surface area contributed by atoms with E-state index in [0.717, 1.165) is 31.6 Å². The van der Waals surface area contributed by atoms with Crippen LogP contribution in [-0.4, -0.2) is 50.7 Å². The van der Waals surface area contributed by atoms with Gasteiger partial charge in [-0.15, -0.1) is 0 Å². The summed E-state index contributed by atoms with van der Waals surface area (Å²) in [5, 5.41) is 2.86. The van der Waals surface area contributed by atoms with Crippen LogP contribution in [0.3, 0.4) is 0 Å². The van der Waals surface area contributed by atoms with Crippen molar-refractivity contribution in [1.29, 1.82) is 0 Å². The monoisotopic (exact) mass is 478 g/mol. The number of carbonyl (C=O) groups is 2. The summed E-state index contributed by atoms with van der Waals surface area (Å²) in [5.41, 5.74) is 7.04. The molecule has 0 spiro atoms. The third-order valence-electron chi connectivity index (χ3n) is 5.49. The van der Waals surface area contributed by atoms with Gasteiger partial charge in [0.25, 0.3) is 5.91 Å². The Morgan fingerprint density at radius 3 is 2.28 bits per heavy atom. The molecular weight excluding hydrogens is 452 g/mol. The number of benzene rings is 2. The Morgan fingerprint density at radius 2 is 1.69 bits per heavy atom. The number of hydrogen-bond acceptors (Lipinski definition) is 5. The van der Waals surface area contributed by atoms with Gasteiger partial charge in [-0.25, -0.2) is 8.42 Å². The fraction of sp³-hybridized carbons (Fsp3) is 0.364. The average molecular weight is 479 g/mol. The van der Waals surface area contributed by atoms with E-state index in [4.69, 9.17) is 17.3 Å². The molecule has 172 valence electrons. The second-order valence-electron chi connectivity index (χ2n) is 7.48. The first-order valence-electron chi connectivity index (χ1n) is 10.5. The maximum absolute atomic E-state index is 13.1. The van der Waals surface area contributed by atoms with Gasteiger partial charge < -0.3 is 16.0 Å². The van der Waals surface area contributed by atoms with Gasteiger partial charge in [-0.05, 0) is 49.2 Å². The molecule has 1 saturated heterocycles. The predicted octanol–water partition coefficient (Wildman–Crippen LogP) is 3.32. The van der Waals surface area contributed by atoms with Crippen LogP contribution in [0.15, 0.2) is 41.3 Å². The van der Waals surface area contributed by atoms with E-state index in [2.05, 4.69) is 10.2 Å². The molecule has 1 heterocycles. The zero-order valence-corrected chi connectivity index (χ0v) is 19.7.